The number of hydrogen-bond acceptors (Lipinski definition) is 8. The van der Waals surface area contributed by atoms with Crippen LogP contribution in [0, 0.1) is 0 Å². The predicted octanol–water partition coefficient (Wildman–Crippen LogP) is 4.75. The van der Waals surface area contributed by atoms with Crippen molar-refractivity contribution in [3.05, 3.63) is 58.1 Å². The number of ether oxygens (including phenoxy) is 1. The largest absolute Gasteiger partial charge is 0.506 e. The number of nitrogens with zero attached hydrogens (tertiary/aromatic N) is 5. The Balaban J connectivity index is 1.09. The van der Waals surface area contributed by atoms with Crippen LogP contribution in [0.4, 0.5) is 28.4 Å². The van der Waals surface area contributed by atoms with Crippen LogP contribution in [0.2, 0.25) is 5.02 Å². The number of aromatic hydroxyl groups is 1. The van der Waals surface area contributed by atoms with E-state index in [-0.39, 0.29) is 43.2 Å². The minimum atomic E-state index is -4.92. The number of carbonyl (C=O) groups is 4. The smallest absolute Gasteiger partial charge is 0.420 e. The number of carboxylic acids is 1. The van der Waals surface area contributed by atoms with Crippen molar-refractivity contribution >= 4 is 41.3 Å². The predicted molar refractivity (Wildman–Crippen MR) is 192 cm³/mol. The SMILES string of the molecule is O=C(O)CCN1CCC(N2CCN(C(=O)C(Cc3cc(Cl)c(O)c(C(F)(F)F)c3)OC(=O)N3CCC(N4CCc5ccccc5NC4=O)CC3)CC2)CC1. The van der Waals surface area contributed by atoms with Crippen LogP contribution in [-0.4, -0.2) is 142 Å². The lowest BCUT2D eigenvalue weighted by Crippen LogP contribution is -2.56. The Morgan fingerprint density at radius 2 is 1.57 bits per heavy atom. The fourth-order valence-corrected chi connectivity index (χ4v) is 8.19. The van der Waals surface area contributed by atoms with E-state index in [0.29, 0.717) is 64.6 Å². The number of alkyl halides is 3. The number of anilines is 1. The summed E-state index contributed by atoms with van der Waals surface area (Å²) in [5, 5.41) is 21.5. The van der Waals surface area contributed by atoms with Gasteiger partial charge in [-0.2, -0.15) is 13.2 Å². The zero-order chi connectivity index (χ0) is 38.6. The van der Waals surface area contributed by atoms with Crippen LogP contribution in [-0.2, 0) is 33.3 Å². The second-order valence-electron chi connectivity index (χ2n) is 14.4. The highest BCUT2D eigenvalue weighted by molar-refractivity contribution is 6.32. The molecule has 294 valence electrons. The molecule has 4 aliphatic rings. The third-order valence-electron chi connectivity index (χ3n) is 11.0. The van der Waals surface area contributed by atoms with E-state index >= 15 is 0 Å². The van der Waals surface area contributed by atoms with E-state index in [1.807, 2.05) is 24.3 Å². The van der Waals surface area contributed by atoms with E-state index in [4.69, 9.17) is 21.4 Å². The van der Waals surface area contributed by atoms with E-state index in [1.165, 1.54) is 4.90 Å². The normalized spacial score (nSPS) is 20.2. The number of rotatable bonds is 9. The number of piperazine rings is 1. The number of phenolic OH excluding ortho intramolecular Hbond substituents is 1. The molecule has 0 saturated carbocycles. The van der Waals surface area contributed by atoms with Gasteiger partial charge in [-0.15, -0.1) is 0 Å². The average Bonchev–Trinajstić information content (AvgIpc) is 3.32. The van der Waals surface area contributed by atoms with Gasteiger partial charge < -0.3 is 39.9 Å². The number of phenols is 1. The molecule has 3 N–H and O–H groups in total. The molecule has 13 nitrogen and oxygen atoms in total. The Bertz CT molecular complexity index is 1690. The fourth-order valence-electron chi connectivity index (χ4n) is 7.95. The van der Waals surface area contributed by atoms with Crippen LogP contribution in [0.1, 0.15) is 48.8 Å². The molecule has 4 heterocycles. The molecule has 4 amide bonds. The molecule has 17 heteroatoms. The van der Waals surface area contributed by atoms with Crippen LogP contribution in [0.15, 0.2) is 36.4 Å². The molecule has 0 aliphatic carbocycles. The summed E-state index contributed by atoms with van der Waals surface area (Å²) in [6.45, 7) is 4.83. The summed E-state index contributed by atoms with van der Waals surface area (Å²) in [5.41, 5.74) is 0.430. The van der Waals surface area contributed by atoms with E-state index in [2.05, 4.69) is 15.1 Å². The highest BCUT2D eigenvalue weighted by Crippen LogP contribution is 2.40. The van der Waals surface area contributed by atoms with Crippen molar-refractivity contribution in [3.8, 4) is 5.75 Å². The highest BCUT2D eigenvalue weighted by atomic mass is 35.5. The molecule has 0 bridgehead atoms. The van der Waals surface area contributed by atoms with Crippen molar-refractivity contribution < 1.29 is 47.3 Å². The number of halogens is 4. The Hall–Kier alpha value is -4.28. The summed E-state index contributed by atoms with van der Waals surface area (Å²) in [6, 6.07) is 9.41. The van der Waals surface area contributed by atoms with Gasteiger partial charge in [-0.3, -0.25) is 14.5 Å². The number of likely N-dealkylation sites (tertiary alicyclic amines) is 2. The summed E-state index contributed by atoms with van der Waals surface area (Å²) in [4.78, 5) is 60.9. The zero-order valence-electron chi connectivity index (χ0n) is 29.9. The Kier molecular flexibility index (Phi) is 12.4. The first kappa shape index (κ1) is 39.4. The van der Waals surface area contributed by atoms with Crippen LogP contribution in [0.5, 0.6) is 5.75 Å². The molecule has 2 aromatic carbocycles. The maximum Gasteiger partial charge on any atom is 0.420 e. The third-order valence-corrected chi connectivity index (χ3v) is 11.3. The standard InChI is InChI=1S/C37H46ClF3N6O7/c38-29-22-24(21-28(33(29)50)37(39,40)41)23-31(34(51)45-19-17-44(18-20-45)26-6-11-43(12-7-26)13-10-32(48)49)54-36(53)46-14-8-27(9-15-46)47-16-5-25-3-1-2-4-30(25)42-35(47)52/h1-4,21-22,26-27,31,50H,5-20,23H2,(H,42,52)(H,48,49). The van der Waals surface area contributed by atoms with E-state index < -0.39 is 53.0 Å². The van der Waals surface area contributed by atoms with Gasteiger partial charge in [0.25, 0.3) is 5.91 Å². The molecule has 1 unspecified atom stereocenters. The number of hydrogen-bond donors (Lipinski definition) is 3. The van der Waals surface area contributed by atoms with Gasteiger partial charge in [0.1, 0.15) is 5.75 Å². The van der Waals surface area contributed by atoms with Gasteiger partial charge in [0.2, 0.25) is 0 Å². The van der Waals surface area contributed by atoms with E-state index in [0.717, 1.165) is 43.2 Å². The average molecular weight is 779 g/mol. The molecular formula is C37H46ClF3N6O7. The van der Waals surface area contributed by atoms with Crippen molar-refractivity contribution in [2.24, 2.45) is 0 Å². The van der Waals surface area contributed by atoms with Crippen molar-refractivity contribution in [3.63, 3.8) is 0 Å². The van der Waals surface area contributed by atoms with Crippen LogP contribution >= 0.6 is 11.6 Å². The number of amides is 4. The Morgan fingerprint density at radius 3 is 2.24 bits per heavy atom. The summed E-state index contributed by atoms with van der Waals surface area (Å²) < 4.78 is 47.1. The molecule has 6 rings (SSSR count). The number of piperidine rings is 2. The number of para-hydroxylation sites is 1. The summed E-state index contributed by atoms with van der Waals surface area (Å²) in [7, 11) is 0. The van der Waals surface area contributed by atoms with Crippen molar-refractivity contribution in [2.45, 2.75) is 69.3 Å². The Morgan fingerprint density at radius 1 is 0.907 bits per heavy atom. The minimum absolute atomic E-state index is 0.0311. The fraction of sp³-hybridized carbons (Fsp3) is 0.568. The first-order valence-electron chi connectivity index (χ1n) is 18.4. The first-order valence-corrected chi connectivity index (χ1v) is 18.8. The molecule has 0 aromatic heterocycles. The topological polar surface area (TPSA) is 146 Å². The van der Waals surface area contributed by atoms with Gasteiger partial charge in [0.15, 0.2) is 6.10 Å². The van der Waals surface area contributed by atoms with Gasteiger partial charge in [0, 0.05) is 76.5 Å². The number of carboxylic acid groups (broad SMARTS) is 1. The number of nitrogens with one attached hydrogen (secondary N) is 1. The monoisotopic (exact) mass is 778 g/mol. The Labute approximate surface area is 316 Å². The molecule has 3 saturated heterocycles. The molecule has 2 aromatic rings. The number of aliphatic carboxylic acids is 1. The molecule has 0 radical (unpaired) electrons. The molecular weight excluding hydrogens is 733 g/mol. The van der Waals surface area contributed by atoms with Crippen molar-refractivity contribution in [1.29, 1.82) is 0 Å². The second-order valence-corrected chi connectivity index (χ2v) is 14.8. The molecule has 0 spiro atoms. The quantitative estimate of drug-likeness (QED) is 0.329. The zero-order valence-corrected chi connectivity index (χ0v) is 30.7. The third kappa shape index (κ3) is 9.50. The highest BCUT2D eigenvalue weighted by Gasteiger charge is 2.39. The molecule has 4 aliphatic heterocycles. The maximum absolute atomic E-state index is 14.0. The van der Waals surface area contributed by atoms with Crippen LogP contribution in [0.25, 0.3) is 0 Å². The lowest BCUT2D eigenvalue weighted by molar-refractivity contribution is -0.143. The van der Waals surface area contributed by atoms with Gasteiger partial charge >= 0.3 is 24.3 Å². The van der Waals surface area contributed by atoms with E-state index in [9.17, 15) is 37.5 Å². The molecule has 1 atom stereocenters. The first-order chi connectivity index (χ1) is 25.8. The summed E-state index contributed by atoms with van der Waals surface area (Å²) in [6.07, 6.45) is -4.11. The number of benzene rings is 2. The van der Waals surface area contributed by atoms with E-state index in [1.54, 1.807) is 9.80 Å². The lowest BCUT2D eigenvalue weighted by Gasteiger charge is -2.43. The van der Waals surface area contributed by atoms with Gasteiger partial charge in [-0.1, -0.05) is 29.8 Å². The lowest BCUT2D eigenvalue weighted by atomic mass is 10.0. The second kappa shape index (κ2) is 17.0. The number of urea groups is 1. The van der Waals surface area contributed by atoms with Crippen molar-refractivity contribution in [2.75, 3.05) is 70.8 Å². The van der Waals surface area contributed by atoms with Gasteiger partial charge in [0.05, 0.1) is 17.0 Å². The molecule has 54 heavy (non-hydrogen) atoms. The minimum Gasteiger partial charge on any atom is -0.506 e. The van der Waals surface area contributed by atoms with Gasteiger partial charge in [-0.25, -0.2) is 9.59 Å². The number of carbonyl (C=O) groups excluding carboxylic acids is 3. The van der Waals surface area contributed by atoms with Gasteiger partial charge in [-0.05, 0) is 74.5 Å². The summed E-state index contributed by atoms with van der Waals surface area (Å²) >= 11 is 5.99. The van der Waals surface area contributed by atoms with Crippen molar-refractivity contribution in [1.82, 2.24) is 24.5 Å². The van der Waals surface area contributed by atoms with Crippen LogP contribution in [0.3, 0.4) is 0 Å². The summed E-state index contributed by atoms with van der Waals surface area (Å²) in [5.74, 6) is -2.49. The maximum atomic E-state index is 14.0. The molecule has 3 fully saturated rings. The van der Waals surface area contributed by atoms with Crippen LogP contribution < -0.4 is 5.32 Å². The number of fused-ring (bicyclic) bond motifs is 1.